The van der Waals surface area contributed by atoms with Crippen molar-refractivity contribution >= 4 is 24.1 Å². The van der Waals surface area contributed by atoms with E-state index in [1.54, 1.807) is 0 Å². The van der Waals surface area contributed by atoms with Crippen LogP contribution in [0.15, 0.2) is 61.7 Å². The summed E-state index contributed by atoms with van der Waals surface area (Å²) in [7, 11) is 0. The van der Waals surface area contributed by atoms with Crippen LogP contribution in [0.3, 0.4) is 0 Å². The molecule has 0 amide bonds. The molecule has 0 saturated heterocycles. The largest absolute Gasteiger partial charge is 0.478 e. The fraction of sp³-hybridized carbons (Fsp3) is 0.200. The van der Waals surface area contributed by atoms with Gasteiger partial charge in [0.05, 0.1) is 13.2 Å². The highest BCUT2D eigenvalue weighted by Gasteiger charge is 1.91. The maximum atomic E-state index is 9.60. The third-order valence-electron chi connectivity index (χ3n) is 2.27. The Labute approximate surface area is 154 Å². The van der Waals surface area contributed by atoms with Crippen LogP contribution in [0.1, 0.15) is 25.0 Å². The molecule has 0 atom stereocenters. The predicted octanol–water partition coefficient (Wildman–Crippen LogP) is 3.24. The van der Waals surface area contributed by atoms with E-state index in [0.29, 0.717) is 0 Å². The highest BCUT2D eigenvalue weighted by Crippen LogP contribution is 2.10. The highest BCUT2D eigenvalue weighted by molar-refractivity contribution is 5.85. The second-order valence-electron chi connectivity index (χ2n) is 4.66. The van der Waals surface area contributed by atoms with Crippen molar-refractivity contribution in [2.45, 2.75) is 13.8 Å². The molecule has 1 rings (SSSR count). The van der Waals surface area contributed by atoms with E-state index in [0.717, 1.165) is 11.1 Å². The first-order chi connectivity index (χ1) is 12.1. The van der Waals surface area contributed by atoms with Gasteiger partial charge < -0.3 is 20.4 Å². The maximum Gasteiger partial charge on any atom is 0.330 e. The Bertz CT molecular complexity index is 525. The Kier molecular flexibility index (Phi) is 19.7. The number of carboxylic acid groups (broad SMARTS) is 2. The van der Waals surface area contributed by atoms with Crippen molar-refractivity contribution in [1.29, 1.82) is 0 Å². The zero-order valence-corrected chi connectivity index (χ0v) is 15.3. The second kappa shape index (κ2) is 18.4. The lowest BCUT2D eigenvalue weighted by Gasteiger charge is -1.96. The Morgan fingerprint density at radius 1 is 0.846 bits per heavy atom. The normalized spacial score (nSPS) is 8.00. The lowest BCUT2D eigenvalue weighted by atomic mass is 10.1. The molecule has 0 heterocycles. The van der Waals surface area contributed by atoms with Crippen LogP contribution in [-0.4, -0.2) is 45.6 Å². The third-order valence-corrected chi connectivity index (χ3v) is 2.27. The molecule has 0 aliphatic heterocycles. The average Bonchev–Trinajstić information content (AvgIpc) is 2.62. The van der Waals surface area contributed by atoms with Gasteiger partial charge in [0, 0.05) is 11.1 Å². The van der Waals surface area contributed by atoms with E-state index in [1.807, 2.05) is 36.4 Å². The SMILES string of the molecule is C=C(C)C(=O)O.C=C(C)C(=O)O.C=Cc1ccccc1C=C.OCCO. The van der Waals surface area contributed by atoms with Crippen LogP contribution >= 0.6 is 0 Å². The van der Waals surface area contributed by atoms with Crippen LogP contribution in [0.2, 0.25) is 0 Å². The number of aliphatic hydroxyl groups excluding tert-OH is 2. The molecule has 1 aromatic rings. The van der Waals surface area contributed by atoms with Gasteiger partial charge >= 0.3 is 11.9 Å². The molecule has 0 radical (unpaired) electrons. The zero-order valence-electron chi connectivity index (χ0n) is 15.3. The van der Waals surface area contributed by atoms with Crippen molar-refractivity contribution in [2.75, 3.05) is 13.2 Å². The standard InChI is InChI=1S/C10H10.2C4H6O2.C2H6O2/c1-3-9-7-5-6-8-10(9)4-2;2*1-3(2)4(5)6;3-1-2-4/h3-8H,1-2H2;2*1H2,2H3,(H,5,6);3-4H,1-2H2. The molecule has 6 nitrogen and oxygen atoms in total. The summed E-state index contributed by atoms with van der Waals surface area (Å²) < 4.78 is 0. The molecule has 1 aromatic carbocycles. The molecular weight excluding hydrogens is 336 g/mol. The molecule has 0 saturated carbocycles. The van der Waals surface area contributed by atoms with E-state index < -0.39 is 11.9 Å². The van der Waals surface area contributed by atoms with Gasteiger partial charge in [-0.25, -0.2) is 9.59 Å². The summed E-state index contributed by atoms with van der Waals surface area (Å²) in [5.74, 6) is -1.87. The number of hydrogen-bond acceptors (Lipinski definition) is 4. The summed E-state index contributed by atoms with van der Waals surface area (Å²) in [6, 6.07) is 8.02. The van der Waals surface area contributed by atoms with E-state index in [9.17, 15) is 9.59 Å². The molecule has 4 N–H and O–H groups in total. The topological polar surface area (TPSA) is 115 Å². The average molecular weight is 364 g/mol. The lowest BCUT2D eigenvalue weighted by Crippen LogP contribution is -1.92. The van der Waals surface area contributed by atoms with Crippen LogP contribution in [0.25, 0.3) is 12.2 Å². The Balaban J connectivity index is -0.000000290. The zero-order chi connectivity index (χ0) is 21.1. The molecule has 0 bridgehead atoms. The van der Waals surface area contributed by atoms with Gasteiger partial charge in [-0.05, 0) is 25.0 Å². The predicted molar refractivity (Wildman–Crippen MR) is 106 cm³/mol. The van der Waals surface area contributed by atoms with Crippen LogP contribution in [0.5, 0.6) is 0 Å². The van der Waals surface area contributed by atoms with E-state index in [4.69, 9.17) is 20.4 Å². The highest BCUT2D eigenvalue weighted by atomic mass is 16.4. The van der Waals surface area contributed by atoms with Crippen molar-refractivity contribution in [2.24, 2.45) is 0 Å². The van der Waals surface area contributed by atoms with Gasteiger partial charge in [0.15, 0.2) is 0 Å². The molecule has 0 aromatic heterocycles. The number of carboxylic acids is 2. The molecule has 26 heavy (non-hydrogen) atoms. The number of rotatable bonds is 5. The third kappa shape index (κ3) is 19.1. The van der Waals surface area contributed by atoms with Gasteiger partial charge in [-0.15, -0.1) is 0 Å². The van der Waals surface area contributed by atoms with Crippen molar-refractivity contribution in [3.8, 4) is 0 Å². The summed E-state index contributed by atoms with van der Waals surface area (Å²) in [6.07, 6.45) is 3.66. The summed E-state index contributed by atoms with van der Waals surface area (Å²) in [5.41, 5.74) is 2.63. The van der Waals surface area contributed by atoms with Gasteiger partial charge in [0.1, 0.15) is 0 Å². The maximum absolute atomic E-state index is 9.60. The fourth-order valence-corrected chi connectivity index (χ4v) is 0.883. The monoisotopic (exact) mass is 364 g/mol. The van der Waals surface area contributed by atoms with Crippen molar-refractivity contribution in [1.82, 2.24) is 0 Å². The summed E-state index contributed by atoms with van der Waals surface area (Å²) >= 11 is 0. The number of aliphatic carboxylic acids is 2. The lowest BCUT2D eigenvalue weighted by molar-refractivity contribution is -0.133. The van der Waals surface area contributed by atoms with Gasteiger partial charge in [-0.1, -0.05) is 62.7 Å². The Morgan fingerprint density at radius 3 is 1.19 bits per heavy atom. The number of hydrogen-bond donors (Lipinski definition) is 4. The Morgan fingerprint density at radius 2 is 1.08 bits per heavy atom. The smallest absolute Gasteiger partial charge is 0.330 e. The number of benzene rings is 1. The first-order valence-corrected chi connectivity index (χ1v) is 7.42. The van der Waals surface area contributed by atoms with Crippen LogP contribution < -0.4 is 0 Å². The number of carbonyl (C=O) groups is 2. The van der Waals surface area contributed by atoms with E-state index >= 15 is 0 Å². The minimum absolute atomic E-state index is 0.125. The van der Waals surface area contributed by atoms with Crippen LogP contribution in [0, 0.1) is 0 Å². The van der Waals surface area contributed by atoms with E-state index in [1.165, 1.54) is 13.8 Å². The first kappa shape index (κ1) is 27.9. The van der Waals surface area contributed by atoms with Gasteiger partial charge in [0.25, 0.3) is 0 Å². The van der Waals surface area contributed by atoms with Crippen molar-refractivity contribution < 1.29 is 30.0 Å². The molecule has 0 spiro atoms. The minimum Gasteiger partial charge on any atom is -0.478 e. The van der Waals surface area contributed by atoms with Gasteiger partial charge in [-0.2, -0.15) is 0 Å². The quantitative estimate of drug-likeness (QED) is 0.596. The molecule has 6 heteroatoms. The molecule has 0 aliphatic carbocycles. The molecule has 0 fully saturated rings. The summed E-state index contributed by atoms with van der Waals surface area (Å²) in [5, 5.41) is 31.0. The Hall–Kier alpha value is -2.96. The number of aliphatic hydroxyl groups is 2. The van der Waals surface area contributed by atoms with Crippen molar-refractivity contribution in [3.05, 3.63) is 72.9 Å². The minimum atomic E-state index is -0.935. The van der Waals surface area contributed by atoms with Crippen LogP contribution in [0.4, 0.5) is 0 Å². The van der Waals surface area contributed by atoms with E-state index in [2.05, 4.69) is 26.3 Å². The van der Waals surface area contributed by atoms with Crippen LogP contribution in [-0.2, 0) is 9.59 Å². The first-order valence-electron chi connectivity index (χ1n) is 7.42. The fourth-order valence-electron chi connectivity index (χ4n) is 0.883. The summed E-state index contributed by atoms with van der Waals surface area (Å²) in [6.45, 7) is 16.3. The van der Waals surface area contributed by atoms with Crippen molar-refractivity contribution in [3.63, 3.8) is 0 Å². The molecule has 0 aliphatic rings. The summed E-state index contributed by atoms with van der Waals surface area (Å²) in [4.78, 5) is 19.2. The van der Waals surface area contributed by atoms with Gasteiger partial charge in [0.2, 0.25) is 0 Å². The molecular formula is C20H28O6. The molecule has 144 valence electrons. The van der Waals surface area contributed by atoms with Gasteiger partial charge in [-0.3, -0.25) is 0 Å². The second-order valence-corrected chi connectivity index (χ2v) is 4.66. The van der Waals surface area contributed by atoms with E-state index in [-0.39, 0.29) is 24.4 Å². The molecule has 0 unspecified atom stereocenters.